The van der Waals surface area contributed by atoms with E-state index in [4.69, 9.17) is 14.7 Å². The van der Waals surface area contributed by atoms with E-state index in [1.807, 2.05) is 5.48 Å². The molecule has 3 N–H and O–H groups in total. The van der Waals surface area contributed by atoms with E-state index in [1.165, 1.54) is 0 Å². The Labute approximate surface area is 80.8 Å². The van der Waals surface area contributed by atoms with E-state index >= 15 is 0 Å². The van der Waals surface area contributed by atoms with Crippen LogP contribution in [0.3, 0.4) is 0 Å². The number of benzene rings is 1. The second-order valence-corrected chi connectivity index (χ2v) is 2.99. The number of fused-ring (bicyclic) bond motifs is 1. The molecule has 0 amide bonds. The molecule has 0 saturated heterocycles. The topological polar surface area (TPSA) is 71.0 Å². The van der Waals surface area contributed by atoms with E-state index in [1.54, 1.807) is 18.2 Å². The van der Waals surface area contributed by atoms with Gasteiger partial charge in [-0.25, -0.2) is 5.48 Å². The van der Waals surface area contributed by atoms with Crippen molar-refractivity contribution >= 4 is 0 Å². The van der Waals surface area contributed by atoms with Gasteiger partial charge in [-0.15, -0.1) is 0 Å². The highest BCUT2D eigenvalue weighted by atomic mass is 16.7. The van der Waals surface area contributed by atoms with Crippen LogP contribution in [0.25, 0.3) is 0 Å². The Bertz CT molecular complexity index is 329. The van der Waals surface area contributed by atoms with Gasteiger partial charge in [0.05, 0.1) is 12.6 Å². The molecule has 1 aromatic carbocycles. The minimum Gasteiger partial charge on any atom is -0.454 e. The van der Waals surface area contributed by atoms with E-state index in [0.717, 1.165) is 0 Å². The Balaban J connectivity index is 2.19. The van der Waals surface area contributed by atoms with Gasteiger partial charge < -0.3 is 19.8 Å². The molecular weight excluding hydrogens is 186 g/mol. The van der Waals surface area contributed by atoms with Crippen LogP contribution in [-0.4, -0.2) is 23.7 Å². The van der Waals surface area contributed by atoms with E-state index < -0.39 is 6.10 Å². The molecule has 0 bridgehead atoms. The van der Waals surface area contributed by atoms with Crippen LogP contribution in [0.1, 0.15) is 11.7 Å². The first-order valence-corrected chi connectivity index (χ1v) is 4.26. The van der Waals surface area contributed by atoms with Gasteiger partial charge in [0.15, 0.2) is 11.5 Å². The van der Waals surface area contributed by atoms with Gasteiger partial charge in [-0.05, 0) is 17.7 Å². The van der Waals surface area contributed by atoms with Gasteiger partial charge in [0.1, 0.15) is 0 Å². The molecule has 0 aromatic heterocycles. The third-order valence-corrected chi connectivity index (χ3v) is 2.07. The summed E-state index contributed by atoms with van der Waals surface area (Å²) < 4.78 is 10.3. The molecule has 14 heavy (non-hydrogen) atoms. The zero-order chi connectivity index (χ0) is 9.97. The van der Waals surface area contributed by atoms with E-state index in [0.29, 0.717) is 17.1 Å². The largest absolute Gasteiger partial charge is 0.454 e. The number of nitrogens with one attached hydrogen (secondary N) is 1. The summed E-state index contributed by atoms with van der Waals surface area (Å²) in [4.78, 5) is 0. The van der Waals surface area contributed by atoms with Crippen molar-refractivity contribution < 1.29 is 19.8 Å². The molecule has 1 aliphatic rings. The first-order valence-electron chi connectivity index (χ1n) is 4.26. The predicted octanol–water partition coefficient (Wildman–Crippen LogP) is 0.428. The average Bonchev–Trinajstić information content (AvgIpc) is 2.64. The molecule has 1 aliphatic heterocycles. The van der Waals surface area contributed by atoms with Crippen LogP contribution in [0.2, 0.25) is 0 Å². The molecule has 5 heteroatoms. The summed E-state index contributed by atoms with van der Waals surface area (Å²) in [6.45, 7) is 0.298. The fourth-order valence-electron chi connectivity index (χ4n) is 1.32. The number of hydroxylamine groups is 1. The number of ether oxygens (including phenoxy) is 2. The van der Waals surface area contributed by atoms with Crippen molar-refractivity contribution in [2.45, 2.75) is 6.10 Å². The van der Waals surface area contributed by atoms with E-state index in [9.17, 15) is 5.11 Å². The van der Waals surface area contributed by atoms with Gasteiger partial charge >= 0.3 is 0 Å². The predicted molar refractivity (Wildman–Crippen MR) is 47.3 cm³/mol. The molecule has 76 valence electrons. The summed E-state index contributed by atoms with van der Waals surface area (Å²) >= 11 is 0. The lowest BCUT2D eigenvalue weighted by molar-refractivity contribution is 0.0920. The van der Waals surface area contributed by atoms with E-state index in [-0.39, 0.29) is 13.3 Å². The van der Waals surface area contributed by atoms with E-state index in [2.05, 4.69) is 0 Å². The lowest BCUT2D eigenvalue weighted by Crippen LogP contribution is -2.17. The minimum atomic E-state index is -0.755. The molecule has 1 atom stereocenters. The molecule has 0 aliphatic carbocycles. The van der Waals surface area contributed by atoms with Gasteiger partial charge in [0.25, 0.3) is 0 Å². The molecule has 1 unspecified atom stereocenters. The summed E-state index contributed by atoms with van der Waals surface area (Å²) in [5.41, 5.74) is 2.59. The second-order valence-electron chi connectivity index (χ2n) is 2.99. The normalized spacial score (nSPS) is 15.6. The summed E-state index contributed by atoms with van der Waals surface area (Å²) in [5, 5.41) is 18.0. The monoisotopic (exact) mass is 197 g/mol. The van der Waals surface area contributed by atoms with Crippen LogP contribution < -0.4 is 15.0 Å². The quantitative estimate of drug-likeness (QED) is 0.613. The van der Waals surface area contributed by atoms with Crippen molar-refractivity contribution in [3.05, 3.63) is 23.8 Å². The standard InChI is InChI=1S/C9H11NO4/c11-7(4-10-12)6-1-2-8-9(3-6)14-5-13-8/h1-3,7,10-12H,4-5H2. The highest BCUT2D eigenvalue weighted by Gasteiger charge is 2.16. The SMILES string of the molecule is ONCC(O)c1ccc2c(c1)OCO2. The Morgan fingerprint density at radius 2 is 2.14 bits per heavy atom. The van der Waals surface area contributed by atoms with Crippen LogP contribution in [0, 0.1) is 0 Å². The van der Waals surface area contributed by atoms with Crippen LogP contribution in [0.4, 0.5) is 0 Å². The smallest absolute Gasteiger partial charge is 0.231 e. The van der Waals surface area contributed by atoms with Gasteiger partial charge in [0, 0.05) is 0 Å². The Morgan fingerprint density at radius 1 is 1.36 bits per heavy atom. The summed E-state index contributed by atoms with van der Waals surface area (Å²) in [5.74, 6) is 1.30. The minimum absolute atomic E-state index is 0.0830. The maximum absolute atomic E-state index is 9.53. The van der Waals surface area contributed by atoms with Crippen molar-refractivity contribution in [2.24, 2.45) is 0 Å². The maximum Gasteiger partial charge on any atom is 0.231 e. The first kappa shape index (κ1) is 9.26. The van der Waals surface area contributed by atoms with Gasteiger partial charge in [0.2, 0.25) is 6.79 Å². The van der Waals surface area contributed by atoms with Crippen LogP contribution in [0.15, 0.2) is 18.2 Å². The molecule has 0 saturated carbocycles. The Hall–Kier alpha value is -1.30. The second kappa shape index (κ2) is 3.83. The lowest BCUT2D eigenvalue weighted by atomic mass is 10.1. The first-order chi connectivity index (χ1) is 6.81. The Kier molecular flexibility index (Phi) is 2.53. The summed E-state index contributed by atoms with van der Waals surface area (Å²) in [7, 11) is 0. The van der Waals surface area contributed by atoms with Crippen LogP contribution >= 0.6 is 0 Å². The molecule has 1 aromatic rings. The van der Waals surface area contributed by atoms with Crippen LogP contribution in [0.5, 0.6) is 11.5 Å². The highest BCUT2D eigenvalue weighted by molar-refractivity contribution is 5.45. The summed E-state index contributed by atoms with van der Waals surface area (Å²) in [6.07, 6.45) is -0.755. The lowest BCUT2D eigenvalue weighted by Gasteiger charge is -2.09. The van der Waals surface area contributed by atoms with Gasteiger partial charge in [-0.3, -0.25) is 0 Å². The fraction of sp³-hybridized carbons (Fsp3) is 0.333. The molecule has 2 rings (SSSR count). The molecule has 0 spiro atoms. The average molecular weight is 197 g/mol. The third-order valence-electron chi connectivity index (χ3n) is 2.07. The summed E-state index contributed by atoms with van der Waals surface area (Å²) in [6, 6.07) is 5.16. The maximum atomic E-state index is 9.53. The van der Waals surface area contributed by atoms with Crippen molar-refractivity contribution in [1.29, 1.82) is 0 Å². The molecular formula is C9H11NO4. The zero-order valence-electron chi connectivity index (χ0n) is 7.43. The van der Waals surface area contributed by atoms with Gasteiger partial charge in [-0.1, -0.05) is 6.07 Å². The molecule has 0 fully saturated rings. The molecule has 1 heterocycles. The molecule has 0 radical (unpaired) electrons. The van der Waals surface area contributed by atoms with Crippen molar-refractivity contribution in [2.75, 3.05) is 13.3 Å². The van der Waals surface area contributed by atoms with Crippen molar-refractivity contribution in [3.8, 4) is 11.5 Å². The number of hydrogen-bond acceptors (Lipinski definition) is 5. The Morgan fingerprint density at radius 3 is 2.93 bits per heavy atom. The van der Waals surface area contributed by atoms with Gasteiger partial charge in [-0.2, -0.15) is 0 Å². The number of aliphatic hydroxyl groups excluding tert-OH is 1. The third kappa shape index (κ3) is 1.65. The zero-order valence-corrected chi connectivity index (χ0v) is 7.43. The molecule has 5 nitrogen and oxygen atoms in total. The highest BCUT2D eigenvalue weighted by Crippen LogP contribution is 2.33. The number of aliphatic hydroxyl groups is 1. The van der Waals surface area contributed by atoms with Crippen molar-refractivity contribution in [1.82, 2.24) is 5.48 Å². The number of hydrogen-bond donors (Lipinski definition) is 3. The fourth-order valence-corrected chi connectivity index (χ4v) is 1.32. The van der Waals surface area contributed by atoms with Crippen molar-refractivity contribution in [3.63, 3.8) is 0 Å². The number of rotatable bonds is 3. The van der Waals surface area contributed by atoms with Crippen LogP contribution in [-0.2, 0) is 0 Å².